The molecule has 0 aliphatic carbocycles. The molecular weight excluding hydrogens is 310 g/mol. The maximum atomic E-state index is 5.93. The smallest absolute Gasteiger partial charge is 0.226 e. The molecule has 3 N–H and O–H groups in total. The number of thiocarbonyl (C=S) groups is 1. The molecule has 0 radical (unpaired) electrons. The zero-order chi connectivity index (χ0) is 16.2. The average molecular weight is 325 g/mol. The molecule has 2 aromatic carbocycles. The number of nitrogens with one attached hydrogen (secondary N) is 1. The fraction of sp³-hybridized carbons (Fsp3) is 0.0625. The van der Waals surface area contributed by atoms with Crippen LogP contribution in [-0.2, 0) is 0 Å². The topological polar surface area (TPSA) is 78.0 Å². The summed E-state index contributed by atoms with van der Waals surface area (Å²) in [5, 5.41) is 7.80. The van der Waals surface area contributed by atoms with E-state index in [1.54, 1.807) is 7.11 Å². The molecule has 0 atom stereocenters. The van der Waals surface area contributed by atoms with Gasteiger partial charge in [0.2, 0.25) is 11.1 Å². The predicted octanol–water partition coefficient (Wildman–Crippen LogP) is 2.78. The van der Waals surface area contributed by atoms with Gasteiger partial charge < -0.3 is 15.8 Å². The molecule has 0 amide bonds. The van der Waals surface area contributed by atoms with E-state index in [0.29, 0.717) is 10.9 Å². The summed E-state index contributed by atoms with van der Waals surface area (Å²) >= 11 is 5.34. The van der Waals surface area contributed by atoms with Crippen LogP contribution >= 0.6 is 12.2 Å². The zero-order valence-corrected chi connectivity index (χ0v) is 13.2. The summed E-state index contributed by atoms with van der Waals surface area (Å²) in [6.45, 7) is 0. The largest absolute Gasteiger partial charge is 0.497 e. The average Bonchev–Trinajstić information content (AvgIpc) is 2.98. The van der Waals surface area contributed by atoms with E-state index in [-0.39, 0.29) is 5.95 Å². The number of hydrogen-bond donors (Lipinski definition) is 2. The van der Waals surface area contributed by atoms with Crippen molar-refractivity contribution < 1.29 is 4.74 Å². The van der Waals surface area contributed by atoms with Gasteiger partial charge in [-0.3, -0.25) is 0 Å². The van der Waals surface area contributed by atoms with Crippen molar-refractivity contribution in [2.75, 3.05) is 18.2 Å². The molecule has 0 fully saturated rings. The Morgan fingerprint density at radius 3 is 2.48 bits per heavy atom. The summed E-state index contributed by atoms with van der Waals surface area (Å²) in [4.78, 5) is 4.26. The molecule has 116 valence electrons. The normalized spacial score (nSPS) is 10.3. The Kier molecular flexibility index (Phi) is 4.20. The number of hydrogen-bond acceptors (Lipinski definition) is 5. The molecule has 1 aromatic heterocycles. The fourth-order valence-electron chi connectivity index (χ4n) is 2.03. The van der Waals surface area contributed by atoms with Gasteiger partial charge in [0.15, 0.2) is 5.82 Å². The Hall–Kier alpha value is -2.93. The van der Waals surface area contributed by atoms with Crippen LogP contribution in [0.4, 0.5) is 11.6 Å². The fourth-order valence-corrected chi connectivity index (χ4v) is 2.29. The Morgan fingerprint density at radius 1 is 1.13 bits per heavy atom. The summed E-state index contributed by atoms with van der Waals surface area (Å²) in [6.07, 6.45) is 0. The van der Waals surface area contributed by atoms with Crippen LogP contribution in [0.15, 0.2) is 54.6 Å². The van der Waals surface area contributed by atoms with Crippen molar-refractivity contribution in [2.45, 2.75) is 0 Å². The number of nitrogens with two attached hydrogens (primary N) is 1. The standard InChI is InChI=1S/C16H15N5OS/c1-22-13-9-7-11(8-10-13)14-19-15(17)21(20-14)16(23)18-12-5-3-2-4-6-12/h2-10H,1H3,(H,18,23)(H2,17,19,20). The SMILES string of the molecule is COc1ccc(-c2nc(N)n(C(=S)Nc3ccccc3)n2)cc1. The lowest BCUT2D eigenvalue weighted by Crippen LogP contribution is -2.22. The predicted molar refractivity (Wildman–Crippen MR) is 94.5 cm³/mol. The molecule has 7 heteroatoms. The Morgan fingerprint density at radius 2 is 1.83 bits per heavy atom. The van der Waals surface area contributed by atoms with Crippen LogP contribution in [0.1, 0.15) is 0 Å². The third kappa shape index (κ3) is 3.29. The first kappa shape index (κ1) is 15.0. The summed E-state index contributed by atoms with van der Waals surface area (Å²) in [5.41, 5.74) is 7.62. The Balaban J connectivity index is 1.84. The van der Waals surface area contributed by atoms with Gasteiger partial charge in [-0.15, -0.1) is 5.10 Å². The number of anilines is 2. The second-order valence-electron chi connectivity index (χ2n) is 4.73. The van der Waals surface area contributed by atoms with Crippen LogP contribution < -0.4 is 15.8 Å². The molecule has 0 saturated heterocycles. The van der Waals surface area contributed by atoms with Gasteiger partial charge in [0.05, 0.1) is 7.11 Å². The van der Waals surface area contributed by atoms with E-state index < -0.39 is 0 Å². The third-order valence-electron chi connectivity index (χ3n) is 3.20. The highest BCUT2D eigenvalue weighted by atomic mass is 32.1. The van der Waals surface area contributed by atoms with Crippen molar-refractivity contribution in [2.24, 2.45) is 0 Å². The number of nitrogens with zero attached hydrogens (tertiary/aromatic N) is 3. The first-order valence-corrected chi connectivity index (χ1v) is 7.31. The van der Waals surface area contributed by atoms with Crippen LogP contribution in [0.5, 0.6) is 5.75 Å². The summed E-state index contributed by atoms with van der Waals surface area (Å²) in [5.74, 6) is 1.49. The van der Waals surface area contributed by atoms with Crippen molar-refractivity contribution >= 4 is 29.0 Å². The summed E-state index contributed by atoms with van der Waals surface area (Å²) in [7, 11) is 1.62. The molecule has 0 spiro atoms. The van der Waals surface area contributed by atoms with E-state index in [4.69, 9.17) is 22.7 Å². The van der Waals surface area contributed by atoms with Crippen LogP contribution in [-0.4, -0.2) is 27.0 Å². The zero-order valence-electron chi connectivity index (χ0n) is 12.4. The lowest BCUT2D eigenvalue weighted by Gasteiger charge is -2.07. The maximum Gasteiger partial charge on any atom is 0.226 e. The van der Waals surface area contributed by atoms with Crippen molar-refractivity contribution in [1.82, 2.24) is 14.8 Å². The molecule has 0 aliphatic rings. The molecule has 3 rings (SSSR count). The van der Waals surface area contributed by atoms with Crippen LogP contribution in [0, 0.1) is 0 Å². The van der Waals surface area contributed by atoms with E-state index in [1.807, 2.05) is 54.6 Å². The van der Waals surface area contributed by atoms with E-state index in [1.165, 1.54) is 4.68 Å². The number of para-hydroxylation sites is 1. The van der Waals surface area contributed by atoms with Crippen molar-refractivity contribution in [3.8, 4) is 17.1 Å². The minimum Gasteiger partial charge on any atom is -0.497 e. The number of benzene rings is 2. The molecule has 0 bridgehead atoms. The molecule has 23 heavy (non-hydrogen) atoms. The van der Waals surface area contributed by atoms with Crippen LogP contribution in [0.3, 0.4) is 0 Å². The molecular formula is C16H15N5OS. The second kappa shape index (κ2) is 6.45. The summed E-state index contributed by atoms with van der Waals surface area (Å²) < 4.78 is 6.54. The number of rotatable bonds is 3. The summed E-state index contributed by atoms with van der Waals surface area (Å²) in [6, 6.07) is 17.0. The van der Waals surface area contributed by atoms with Gasteiger partial charge >= 0.3 is 0 Å². The van der Waals surface area contributed by atoms with Gasteiger partial charge in [-0.2, -0.15) is 9.67 Å². The molecule has 0 saturated carbocycles. The highest BCUT2D eigenvalue weighted by Gasteiger charge is 2.12. The van der Waals surface area contributed by atoms with Gasteiger partial charge in [0.25, 0.3) is 0 Å². The van der Waals surface area contributed by atoms with E-state index in [9.17, 15) is 0 Å². The van der Waals surface area contributed by atoms with Crippen molar-refractivity contribution in [1.29, 1.82) is 0 Å². The molecule has 1 heterocycles. The Labute approximate surface area is 138 Å². The van der Waals surface area contributed by atoms with Gasteiger partial charge in [-0.1, -0.05) is 18.2 Å². The number of methoxy groups -OCH3 is 1. The van der Waals surface area contributed by atoms with Crippen molar-refractivity contribution in [3.05, 3.63) is 54.6 Å². The van der Waals surface area contributed by atoms with Crippen LogP contribution in [0.2, 0.25) is 0 Å². The van der Waals surface area contributed by atoms with E-state index >= 15 is 0 Å². The van der Waals surface area contributed by atoms with Crippen molar-refractivity contribution in [3.63, 3.8) is 0 Å². The first-order valence-electron chi connectivity index (χ1n) is 6.91. The number of ether oxygens (including phenoxy) is 1. The Bertz CT molecular complexity index is 814. The monoisotopic (exact) mass is 325 g/mol. The maximum absolute atomic E-state index is 5.93. The molecule has 0 aliphatic heterocycles. The number of aromatic nitrogens is 3. The van der Waals surface area contributed by atoms with E-state index in [0.717, 1.165) is 17.0 Å². The quantitative estimate of drug-likeness (QED) is 0.721. The second-order valence-corrected chi connectivity index (χ2v) is 5.12. The van der Waals surface area contributed by atoms with Gasteiger partial charge in [0, 0.05) is 11.3 Å². The minimum absolute atomic E-state index is 0.226. The van der Waals surface area contributed by atoms with Gasteiger partial charge in [-0.05, 0) is 48.6 Å². The van der Waals surface area contributed by atoms with Gasteiger partial charge in [0.1, 0.15) is 5.75 Å². The van der Waals surface area contributed by atoms with E-state index in [2.05, 4.69) is 15.4 Å². The third-order valence-corrected chi connectivity index (χ3v) is 3.47. The number of nitrogen functional groups attached to an aromatic ring is 1. The highest BCUT2D eigenvalue weighted by molar-refractivity contribution is 7.80. The molecule has 6 nitrogen and oxygen atoms in total. The minimum atomic E-state index is 0.226. The molecule has 3 aromatic rings. The first-order chi connectivity index (χ1) is 11.2. The van der Waals surface area contributed by atoms with Gasteiger partial charge in [-0.25, -0.2) is 0 Å². The molecule has 0 unspecified atom stereocenters. The van der Waals surface area contributed by atoms with Crippen LogP contribution in [0.25, 0.3) is 11.4 Å². The lowest BCUT2D eigenvalue weighted by atomic mass is 10.2. The highest BCUT2D eigenvalue weighted by Crippen LogP contribution is 2.20. The lowest BCUT2D eigenvalue weighted by molar-refractivity contribution is 0.415.